The molecule has 0 aliphatic heterocycles. The normalized spacial score (nSPS) is 8.50. The maximum atomic E-state index is 8.29. The van der Waals surface area contributed by atoms with Crippen LogP contribution in [0.25, 0.3) is 0 Å². The predicted octanol–water partition coefficient (Wildman–Crippen LogP) is -1.84. The van der Waals surface area contributed by atoms with E-state index >= 15 is 0 Å². The summed E-state index contributed by atoms with van der Waals surface area (Å²) in [5.41, 5.74) is 0.560. The van der Waals surface area contributed by atoms with Gasteiger partial charge in [-0.25, -0.2) is 5.26 Å². The molecule has 1 heterocycles. The van der Waals surface area contributed by atoms with Crippen molar-refractivity contribution in [2.75, 3.05) is 0 Å². The summed E-state index contributed by atoms with van der Waals surface area (Å²) in [5.74, 6) is 0. The third-order valence-corrected chi connectivity index (χ3v) is 0.862. The SMILES string of the molecule is [2H][C-](C#N)c1cccnc1.[Li+]. The van der Waals surface area contributed by atoms with E-state index in [-0.39, 0.29) is 25.3 Å². The third kappa shape index (κ3) is 2.60. The molecule has 0 aliphatic carbocycles. The molecule has 0 unspecified atom stereocenters. The zero-order valence-electron chi connectivity index (χ0n) is 6.70. The van der Waals surface area contributed by atoms with Crippen LogP contribution in [0.1, 0.15) is 6.93 Å². The summed E-state index contributed by atoms with van der Waals surface area (Å²) in [7, 11) is 0. The van der Waals surface area contributed by atoms with E-state index in [4.69, 9.17) is 6.63 Å². The van der Waals surface area contributed by atoms with Gasteiger partial charge >= 0.3 is 18.9 Å². The molecule has 0 fully saturated rings. The molecule has 0 aliphatic rings. The fourth-order valence-electron chi connectivity index (χ4n) is 0.501. The maximum absolute atomic E-state index is 8.29. The van der Waals surface area contributed by atoms with Crippen LogP contribution in [0.5, 0.6) is 0 Å². The second-order valence-electron chi connectivity index (χ2n) is 1.48. The average molecular weight is 125 g/mol. The molecule has 0 bridgehead atoms. The molecule has 1 aromatic rings. The second-order valence-corrected chi connectivity index (χ2v) is 1.48. The van der Waals surface area contributed by atoms with Gasteiger partial charge in [0.15, 0.2) is 0 Å². The van der Waals surface area contributed by atoms with Crippen molar-refractivity contribution in [1.29, 1.82) is 5.26 Å². The van der Waals surface area contributed by atoms with Gasteiger partial charge in [0, 0.05) is 6.07 Å². The van der Waals surface area contributed by atoms with Crippen LogP contribution in [0, 0.1) is 17.7 Å². The van der Waals surface area contributed by atoms with E-state index in [2.05, 4.69) is 4.98 Å². The molecule has 2 nitrogen and oxygen atoms in total. The Morgan fingerprint density at radius 2 is 2.60 bits per heavy atom. The van der Waals surface area contributed by atoms with Crippen LogP contribution < -0.4 is 18.9 Å². The number of hydrogen-bond donors (Lipinski definition) is 0. The van der Waals surface area contributed by atoms with Crippen LogP contribution >= 0.6 is 0 Å². The van der Waals surface area contributed by atoms with Gasteiger partial charge in [-0.15, -0.1) is 6.07 Å². The first-order valence-electron chi connectivity index (χ1n) is 2.98. The largest absolute Gasteiger partial charge is 1.00 e. The number of pyridine rings is 1. The molecule has 0 saturated heterocycles. The zero-order chi connectivity index (χ0) is 7.40. The van der Waals surface area contributed by atoms with Gasteiger partial charge in [-0.05, 0) is 7.57 Å². The molecule has 0 amide bonds. The van der Waals surface area contributed by atoms with Gasteiger partial charge in [-0.3, -0.25) is 0 Å². The number of hydrogen-bond acceptors (Lipinski definition) is 2. The van der Waals surface area contributed by atoms with Crippen molar-refractivity contribution in [1.82, 2.24) is 4.98 Å². The monoisotopic (exact) mass is 125 g/mol. The van der Waals surface area contributed by atoms with Gasteiger partial charge < -0.3 is 4.98 Å². The Kier molecular flexibility index (Phi) is 3.56. The third-order valence-electron chi connectivity index (χ3n) is 0.862. The molecule has 0 saturated carbocycles. The van der Waals surface area contributed by atoms with Crippen LogP contribution in [0.15, 0.2) is 24.5 Å². The Balaban J connectivity index is 0.000001000. The zero-order valence-corrected chi connectivity index (χ0v) is 5.70. The molecular weight excluding hydrogens is 119 g/mol. The average Bonchev–Trinajstić information content (AvgIpc) is 2.05. The standard InChI is InChI=1S/C7H5N2.Li/c8-4-3-7-2-1-5-9-6-7;/h1-3,5-6H;/q-1;+1/i3D;. The predicted molar refractivity (Wildman–Crippen MR) is 33.3 cm³/mol. The first-order chi connectivity index (χ1) is 4.84. The quantitative estimate of drug-likeness (QED) is 0.326. The summed E-state index contributed by atoms with van der Waals surface area (Å²) < 4.78 is 7.08. The van der Waals surface area contributed by atoms with E-state index in [0.717, 1.165) is 0 Å². The van der Waals surface area contributed by atoms with Crippen molar-refractivity contribution >= 4 is 0 Å². The fraction of sp³-hybridized carbons (Fsp3) is 0. The summed E-state index contributed by atoms with van der Waals surface area (Å²) in [6.07, 6.45) is 3.05. The van der Waals surface area contributed by atoms with Crippen LogP contribution in [0.2, 0.25) is 0 Å². The van der Waals surface area contributed by atoms with Gasteiger partial charge in [-0.1, -0.05) is 12.6 Å². The summed E-state index contributed by atoms with van der Waals surface area (Å²) in [5, 5.41) is 8.29. The van der Waals surface area contributed by atoms with Crippen molar-refractivity contribution in [3.63, 3.8) is 0 Å². The van der Waals surface area contributed by atoms with Crippen molar-refractivity contribution in [3.8, 4) is 6.07 Å². The second kappa shape index (κ2) is 4.94. The Hall–Kier alpha value is -0.893. The molecule has 1 aromatic heterocycles. The van der Waals surface area contributed by atoms with Crippen molar-refractivity contribution in [3.05, 3.63) is 36.5 Å². The number of aromatic nitrogens is 1. The van der Waals surface area contributed by atoms with E-state index in [1.54, 1.807) is 24.4 Å². The topological polar surface area (TPSA) is 36.7 Å². The Morgan fingerprint density at radius 1 is 1.80 bits per heavy atom. The summed E-state index contributed by atoms with van der Waals surface area (Å²) >= 11 is 0. The summed E-state index contributed by atoms with van der Waals surface area (Å²) in [4.78, 5) is 3.76. The molecular formula is C7H5LiN2. The Bertz CT molecular complexity index is 244. The molecule has 0 aromatic carbocycles. The van der Waals surface area contributed by atoms with Crippen LogP contribution in [0.4, 0.5) is 0 Å². The van der Waals surface area contributed by atoms with E-state index < -0.39 is 0 Å². The molecule has 10 heavy (non-hydrogen) atoms. The number of rotatable bonds is 1. The van der Waals surface area contributed by atoms with Gasteiger partial charge in [0.2, 0.25) is 0 Å². The number of nitrogens with zero attached hydrogens (tertiary/aromatic N) is 2. The maximum Gasteiger partial charge on any atom is 1.00 e. The fourth-order valence-corrected chi connectivity index (χ4v) is 0.501. The molecule has 0 spiro atoms. The summed E-state index contributed by atoms with van der Waals surface area (Å²) in [6, 6.07) is 5.10. The van der Waals surface area contributed by atoms with Crippen LogP contribution in [-0.4, -0.2) is 4.98 Å². The summed E-state index contributed by atoms with van der Waals surface area (Å²) in [6.45, 7) is 0. The van der Waals surface area contributed by atoms with Gasteiger partial charge in [0.1, 0.15) is 0 Å². The molecule has 1 rings (SSSR count). The smallest absolute Gasteiger partial charge is 0.329 e. The first-order valence-corrected chi connectivity index (χ1v) is 2.48. The molecule has 0 N–H and O–H groups in total. The van der Waals surface area contributed by atoms with Gasteiger partial charge in [0.05, 0.1) is 0 Å². The molecule has 0 radical (unpaired) electrons. The Morgan fingerprint density at radius 3 is 3.10 bits per heavy atom. The van der Waals surface area contributed by atoms with Crippen molar-refractivity contribution in [2.45, 2.75) is 0 Å². The minimum atomic E-state index is -0.0481. The molecule has 0 atom stereocenters. The van der Waals surface area contributed by atoms with Crippen LogP contribution in [0.3, 0.4) is 0 Å². The first kappa shape index (κ1) is 7.22. The Labute approximate surface area is 73.5 Å². The van der Waals surface area contributed by atoms with E-state index in [0.29, 0.717) is 5.56 Å². The van der Waals surface area contributed by atoms with Gasteiger partial charge in [0.25, 0.3) is 0 Å². The minimum Gasteiger partial charge on any atom is -0.329 e. The van der Waals surface area contributed by atoms with Crippen molar-refractivity contribution < 1.29 is 20.2 Å². The molecule has 44 valence electrons. The van der Waals surface area contributed by atoms with E-state index in [1.807, 2.05) is 0 Å². The van der Waals surface area contributed by atoms with Crippen molar-refractivity contribution in [2.24, 2.45) is 0 Å². The van der Waals surface area contributed by atoms with Gasteiger partial charge in [-0.2, -0.15) is 11.6 Å². The van der Waals surface area contributed by atoms with E-state index in [9.17, 15) is 0 Å². The minimum absolute atomic E-state index is 0. The molecule has 3 heteroatoms. The van der Waals surface area contributed by atoms with Crippen LogP contribution in [-0.2, 0) is 0 Å². The van der Waals surface area contributed by atoms with E-state index in [1.165, 1.54) is 6.20 Å². The number of nitriles is 1.